The summed E-state index contributed by atoms with van der Waals surface area (Å²) in [6.07, 6.45) is 1.62. The molecule has 2 rings (SSSR count). The van der Waals surface area contributed by atoms with Crippen molar-refractivity contribution in [2.45, 2.75) is 0 Å². The van der Waals surface area contributed by atoms with E-state index in [0.717, 1.165) is 5.69 Å². The Morgan fingerprint density at radius 2 is 2.23 bits per heavy atom. The summed E-state index contributed by atoms with van der Waals surface area (Å²) in [6, 6.07) is 7.86. The summed E-state index contributed by atoms with van der Waals surface area (Å²) in [5.74, 6) is 0. The first-order chi connectivity index (χ1) is 6.40. The minimum atomic E-state index is 0.423. The number of hydrogen-bond acceptors (Lipinski definition) is 1. The minimum absolute atomic E-state index is 0.423. The summed E-state index contributed by atoms with van der Waals surface area (Å²) in [4.78, 5) is 9.68. The topological polar surface area (TPSA) is 17.2 Å². The van der Waals surface area contributed by atoms with Crippen molar-refractivity contribution in [1.82, 2.24) is 4.98 Å². The van der Waals surface area contributed by atoms with Gasteiger partial charge in [0.1, 0.15) is 0 Å². The van der Waals surface area contributed by atoms with Crippen LogP contribution in [0.1, 0.15) is 0 Å². The molecule has 0 unspecified atom stereocenters. The molecule has 2 aromatic heterocycles. The van der Waals surface area contributed by atoms with Gasteiger partial charge in [0.25, 0.3) is 0 Å². The number of nitrogens with zero attached hydrogens (tertiary/aromatic N) is 2. The van der Waals surface area contributed by atoms with E-state index in [1.165, 1.54) is 4.44 Å². The Hall–Kier alpha value is -1.36. The van der Waals surface area contributed by atoms with Gasteiger partial charge in [-0.15, -0.1) is 0 Å². The predicted octanol–water partition coefficient (Wildman–Crippen LogP) is 2.36. The van der Waals surface area contributed by atoms with Gasteiger partial charge < -0.3 is 0 Å². The van der Waals surface area contributed by atoms with Gasteiger partial charge in [-0.3, -0.25) is 0 Å². The molecule has 13 heavy (non-hydrogen) atoms. The zero-order valence-electron chi connectivity index (χ0n) is 6.77. The second-order valence-electron chi connectivity index (χ2n) is 2.49. The van der Waals surface area contributed by atoms with Crippen molar-refractivity contribution in [2.24, 2.45) is 0 Å². The van der Waals surface area contributed by atoms with Crippen LogP contribution >= 0.6 is 0 Å². The molecule has 0 saturated heterocycles. The van der Waals surface area contributed by atoms with E-state index >= 15 is 0 Å². The molecule has 0 fully saturated rings. The van der Waals surface area contributed by atoms with Crippen LogP contribution < -0.4 is 0 Å². The normalized spacial score (nSPS) is 9.46. The van der Waals surface area contributed by atoms with Crippen molar-refractivity contribution < 1.29 is 0 Å². The fourth-order valence-electron chi connectivity index (χ4n) is 1.02. The number of rotatable bonds is 1. The van der Waals surface area contributed by atoms with E-state index in [9.17, 15) is 0 Å². The molecule has 2 aromatic rings. The number of pyridine rings is 1. The fourth-order valence-corrected chi connectivity index (χ4v) is 2.50. The van der Waals surface area contributed by atoms with Gasteiger partial charge in [-0.2, -0.15) is 0 Å². The van der Waals surface area contributed by atoms with Crippen LogP contribution in [0.4, 0.5) is 5.69 Å². The van der Waals surface area contributed by atoms with Crippen LogP contribution in [0.25, 0.3) is 15.0 Å². The number of hydrogen-bond donors (Lipinski definition) is 0. The summed E-state index contributed by atoms with van der Waals surface area (Å²) in [7, 11) is 0. The zero-order valence-corrected chi connectivity index (χ0v) is 8.48. The van der Waals surface area contributed by atoms with Crippen LogP contribution in [0.15, 0.2) is 35.4 Å². The molecule has 0 atom stereocenters. The summed E-state index contributed by atoms with van der Waals surface area (Å²) < 4.78 is 1.28. The maximum atomic E-state index is 6.79. The number of aromatic nitrogens is 1. The fraction of sp³-hybridized carbons (Fsp3) is 0. The van der Waals surface area contributed by atoms with Gasteiger partial charge in [0.2, 0.25) is 0 Å². The molecular formula is C10H6N2Se. The molecule has 0 aliphatic carbocycles. The first kappa shape index (κ1) is 8.25. The molecule has 3 heteroatoms. The Kier molecular flexibility index (Phi) is 2.27. The Labute approximate surface area is 82.4 Å². The van der Waals surface area contributed by atoms with Gasteiger partial charge in [0.05, 0.1) is 0 Å². The van der Waals surface area contributed by atoms with Gasteiger partial charge in [-0.05, 0) is 0 Å². The molecule has 0 aliphatic rings. The summed E-state index contributed by atoms with van der Waals surface area (Å²) >= 11 is 0.423. The van der Waals surface area contributed by atoms with Gasteiger partial charge in [-0.1, -0.05) is 0 Å². The van der Waals surface area contributed by atoms with E-state index in [2.05, 4.69) is 26.9 Å². The molecule has 0 amide bonds. The van der Waals surface area contributed by atoms with E-state index in [4.69, 9.17) is 6.57 Å². The summed E-state index contributed by atoms with van der Waals surface area (Å²) in [5.41, 5.74) is 1.60. The molecule has 2 nitrogen and oxygen atoms in total. The average Bonchev–Trinajstić information content (AvgIpc) is 2.71. The van der Waals surface area contributed by atoms with Crippen LogP contribution in [-0.2, 0) is 0 Å². The summed E-state index contributed by atoms with van der Waals surface area (Å²) in [6.45, 7) is 6.79. The van der Waals surface area contributed by atoms with Crippen molar-refractivity contribution in [2.75, 3.05) is 0 Å². The first-order valence-corrected chi connectivity index (χ1v) is 5.62. The van der Waals surface area contributed by atoms with Crippen molar-refractivity contribution >= 4 is 20.2 Å². The molecule has 0 spiro atoms. The third kappa shape index (κ3) is 1.70. The average molecular weight is 233 g/mol. The molecule has 0 saturated carbocycles. The second-order valence-corrected chi connectivity index (χ2v) is 4.48. The van der Waals surface area contributed by atoms with Crippen molar-refractivity contribution in [3.63, 3.8) is 0 Å². The molecule has 0 aliphatic heterocycles. The van der Waals surface area contributed by atoms with E-state index in [-0.39, 0.29) is 0 Å². The summed E-state index contributed by atoms with van der Waals surface area (Å²) in [5, 5.41) is 0. The molecular weight excluding hydrogens is 227 g/mol. The van der Waals surface area contributed by atoms with Crippen molar-refractivity contribution in [3.05, 3.63) is 46.8 Å². The van der Waals surface area contributed by atoms with Crippen molar-refractivity contribution in [1.29, 1.82) is 0 Å². The van der Waals surface area contributed by atoms with Gasteiger partial charge in [0.15, 0.2) is 0 Å². The van der Waals surface area contributed by atoms with Gasteiger partial charge >= 0.3 is 82.1 Å². The van der Waals surface area contributed by atoms with Crippen molar-refractivity contribution in [3.8, 4) is 10.1 Å². The third-order valence-electron chi connectivity index (χ3n) is 1.65. The Bertz CT molecular complexity index is 423. The SMILES string of the molecule is [C-]#[N+]c1ccc(-c2ccc[se]2)nc1. The van der Waals surface area contributed by atoms with Gasteiger partial charge in [0, 0.05) is 0 Å². The molecule has 0 aromatic carbocycles. The molecule has 2 heterocycles. The maximum absolute atomic E-state index is 6.79. The third-order valence-corrected chi connectivity index (χ3v) is 3.52. The van der Waals surface area contributed by atoms with Crippen LogP contribution in [0.2, 0.25) is 0 Å². The van der Waals surface area contributed by atoms with E-state index in [1.807, 2.05) is 12.1 Å². The Morgan fingerprint density at radius 3 is 2.77 bits per heavy atom. The van der Waals surface area contributed by atoms with E-state index in [0.29, 0.717) is 20.2 Å². The molecule has 0 bridgehead atoms. The Morgan fingerprint density at radius 1 is 1.31 bits per heavy atom. The van der Waals surface area contributed by atoms with Gasteiger partial charge in [-0.25, -0.2) is 0 Å². The van der Waals surface area contributed by atoms with Crippen LogP contribution in [-0.4, -0.2) is 19.5 Å². The Balaban J connectivity index is 2.40. The monoisotopic (exact) mass is 234 g/mol. The van der Waals surface area contributed by atoms with Crippen LogP contribution in [0.3, 0.4) is 0 Å². The molecule has 0 radical (unpaired) electrons. The first-order valence-electron chi connectivity index (χ1n) is 3.77. The second kappa shape index (κ2) is 3.57. The van der Waals surface area contributed by atoms with Crippen LogP contribution in [0.5, 0.6) is 0 Å². The molecule has 62 valence electrons. The predicted molar refractivity (Wildman–Crippen MR) is 52.9 cm³/mol. The zero-order chi connectivity index (χ0) is 9.10. The molecule has 0 N–H and O–H groups in total. The van der Waals surface area contributed by atoms with E-state index < -0.39 is 0 Å². The van der Waals surface area contributed by atoms with E-state index in [1.54, 1.807) is 6.20 Å². The standard InChI is InChI=1S/C10H6N2Se/c1-11-8-4-5-9(12-7-8)10-3-2-6-13-10/h2-7H. The van der Waals surface area contributed by atoms with Crippen LogP contribution in [0, 0.1) is 6.57 Å². The quantitative estimate of drug-likeness (QED) is 0.546.